The molecule has 0 aliphatic carbocycles. The Morgan fingerprint density at radius 2 is 1.72 bits per heavy atom. The third kappa shape index (κ3) is 5.24. The van der Waals surface area contributed by atoms with Crippen LogP contribution in [0, 0.1) is 21.4 Å². The van der Waals surface area contributed by atoms with Crippen molar-refractivity contribution in [1.82, 2.24) is 0 Å². The largest absolute Gasteiger partial charge is 0.493 e. The van der Waals surface area contributed by atoms with E-state index in [1.807, 2.05) is 0 Å². The summed E-state index contributed by atoms with van der Waals surface area (Å²) in [6, 6.07) is 17.3. The van der Waals surface area contributed by atoms with Crippen LogP contribution in [0.3, 0.4) is 0 Å². The van der Waals surface area contributed by atoms with Crippen molar-refractivity contribution >= 4 is 46.5 Å². The Hall–Kier alpha value is -3.86. The molecule has 7 nitrogen and oxygen atoms in total. The average molecular weight is 469 g/mol. The van der Waals surface area contributed by atoms with Crippen molar-refractivity contribution in [2.75, 3.05) is 7.11 Å². The Morgan fingerprint density at radius 1 is 1.03 bits per heavy atom. The maximum atomic E-state index is 12.5. The van der Waals surface area contributed by atoms with Gasteiger partial charge < -0.3 is 9.47 Å². The highest BCUT2D eigenvalue weighted by molar-refractivity contribution is 6.32. The highest BCUT2D eigenvalue weighted by Crippen LogP contribution is 2.32. The van der Waals surface area contributed by atoms with E-state index in [-0.39, 0.29) is 22.1 Å². The van der Waals surface area contributed by atoms with Crippen LogP contribution in [-0.4, -0.2) is 18.0 Å². The van der Waals surface area contributed by atoms with Crippen molar-refractivity contribution in [2.45, 2.75) is 0 Å². The maximum Gasteiger partial charge on any atom is 0.343 e. The van der Waals surface area contributed by atoms with E-state index < -0.39 is 16.6 Å². The summed E-state index contributed by atoms with van der Waals surface area (Å²) in [6.45, 7) is 0. The number of carbonyl (C=O) groups is 1. The Bertz CT molecular complexity index is 1260. The van der Waals surface area contributed by atoms with Gasteiger partial charge in [0.25, 0.3) is 5.69 Å². The summed E-state index contributed by atoms with van der Waals surface area (Å²) in [5, 5.41) is 21.0. The third-order valence-corrected chi connectivity index (χ3v) is 4.93. The fourth-order valence-corrected chi connectivity index (χ4v) is 3.09. The molecule has 0 radical (unpaired) electrons. The lowest BCUT2D eigenvalue weighted by atomic mass is 10.0. The number of carbonyl (C=O) groups excluding carboxylic acids is 1. The smallest absolute Gasteiger partial charge is 0.343 e. The minimum absolute atomic E-state index is 0.0402. The standard InChI is InChI=1S/C23H14Cl2N2O5/c1-31-22-11-14(10-17(13-26)15-3-6-18(24)7-4-15)2-9-21(22)32-23(28)16-5-8-19(25)20(12-16)27(29)30/h2-12H,1H3. The molecule has 0 aliphatic heterocycles. The van der Waals surface area contributed by atoms with Crippen LogP contribution in [0.25, 0.3) is 11.6 Å². The molecule has 0 heterocycles. The minimum atomic E-state index is -0.815. The predicted molar refractivity (Wildman–Crippen MR) is 121 cm³/mol. The van der Waals surface area contributed by atoms with Gasteiger partial charge in [0, 0.05) is 11.1 Å². The number of rotatable bonds is 6. The zero-order valence-corrected chi connectivity index (χ0v) is 18.1. The van der Waals surface area contributed by atoms with Gasteiger partial charge in [-0.3, -0.25) is 10.1 Å². The second-order valence-corrected chi connectivity index (χ2v) is 7.24. The van der Waals surface area contributed by atoms with Crippen molar-refractivity contribution in [2.24, 2.45) is 0 Å². The molecule has 0 aromatic heterocycles. The number of halogens is 2. The minimum Gasteiger partial charge on any atom is -0.493 e. The van der Waals surface area contributed by atoms with Crippen molar-refractivity contribution < 1.29 is 19.2 Å². The summed E-state index contributed by atoms with van der Waals surface area (Å²) < 4.78 is 10.7. The van der Waals surface area contributed by atoms with Crippen LogP contribution in [0.4, 0.5) is 5.69 Å². The van der Waals surface area contributed by atoms with E-state index in [4.69, 9.17) is 32.7 Å². The number of allylic oxidation sites excluding steroid dienone is 1. The van der Waals surface area contributed by atoms with Crippen LogP contribution < -0.4 is 9.47 Å². The molecule has 0 amide bonds. The topological polar surface area (TPSA) is 102 Å². The molecule has 0 saturated carbocycles. The number of hydrogen-bond acceptors (Lipinski definition) is 6. The summed E-state index contributed by atoms with van der Waals surface area (Å²) in [4.78, 5) is 22.8. The molecule has 3 aromatic carbocycles. The predicted octanol–water partition coefficient (Wildman–Crippen LogP) is 6.19. The normalized spacial score (nSPS) is 10.9. The molecule has 9 heteroatoms. The summed E-state index contributed by atoms with van der Waals surface area (Å²) in [5.41, 5.74) is 1.29. The quantitative estimate of drug-likeness (QED) is 0.106. The van der Waals surface area contributed by atoms with Gasteiger partial charge in [-0.2, -0.15) is 5.26 Å². The number of methoxy groups -OCH3 is 1. The molecule has 32 heavy (non-hydrogen) atoms. The lowest BCUT2D eigenvalue weighted by molar-refractivity contribution is -0.384. The number of hydrogen-bond donors (Lipinski definition) is 0. The number of nitro groups is 1. The fourth-order valence-electron chi connectivity index (χ4n) is 2.77. The van der Waals surface area contributed by atoms with Gasteiger partial charge in [-0.05, 0) is 53.6 Å². The van der Waals surface area contributed by atoms with Gasteiger partial charge >= 0.3 is 5.97 Å². The second-order valence-electron chi connectivity index (χ2n) is 6.40. The lowest BCUT2D eigenvalue weighted by Crippen LogP contribution is -2.10. The first kappa shape index (κ1) is 22.8. The van der Waals surface area contributed by atoms with Crippen LogP contribution in [0.2, 0.25) is 10.0 Å². The summed E-state index contributed by atoms with van der Waals surface area (Å²) in [7, 11) is 1.40. The van der Waals surface area contributed by atoms with Crippen LogP contribution in [0.5, 0.6) is 11.5 Å². The van der Waals surface area contributed by atoms with E-state index in [0.717, 1.165) is 6.07 Å². The number of benzene rings is 3. The van der Waals surface area contributed by atoms with Gasteiger partial charge in [0.05, 0.1) is 29.2 Å². The number of ether oxygens (including phenoxy) is 2. The highest BCUT2D eigenvalue weighted by Gasteiger charge is 2.19. The molecule has 0 fully saturated rings. The van der Waals surface area contributed by atoms with Crippen LogP contribution >= 0.6 is 23.2 Å². The molecule has 3 rings (SSSR count). The van der Waals surface area contributed by atoms with Crippen molar-refractivity contribution in [1.29, 1.82) is 5.26 Å². The molecule has 0 spiro atoms. The van der Waals surface area contributed by atoms with Crippen LogP contribution in [0.15, 0.2) is 60.7 Å². The Labute approximate surface area is 193 Å². The molecule has 0 atom stereocenters. The molecule has 0 saturated heterocycles. The average Bonchev–Trinajstić information content (AvgIpc) is 2.79. The fraction of sp³-hybridized carbons (Fsp3) is 0.0435. The van der Waals surface area contributed by atoms with Gasteiger partial charge in [-0.1, -0.05) is 41.4 Å². The Morgan fingerprint density at radius 3 is 2.34 bits per heavy atom. The highest BCUT2D eigenvalue weighted by atomic mass is 35.5. The Kier molecular flexibility index (Phi) is 7.11. The van der Waals surface area contributed by atoms with E-state index in [0.29, 0.717) is 21.7 Å². The van der Waals surface area contributed by atoms with Gasteiger partial charge in [0.2, 0.25) is 0 Å². The van der Waals surface area contributed by atoms with E-state index in [9.17, 15) is 20.2 Å². The van der Waals surface area contributed by atoms with E-state index in [2.05, 4.69) is 6.07 Å². The molecule has 0 bridgehead atoms. The number of nitriles is 1. The number of nitrogens with zero attached hydrogens (tertiary/aromatic N) is 2. The molecule has 0 aliphatic rings. The van der Waals surface area contributed by atoms with Gasteiger partial charge in [-0.25, -0.2) is 4.79 Å². The Balaban J connectivity index is 1.88. The monoisotopic (exact) mass is 468 g/mol. The van der Waals surface area contributed by atoms with Gasteiger partial charge in [0.1, 0.15) is 5.02 Å². The number of nitro benzene ring substituents is 1. The molecule has 3 aromatic rings. The molecule has 0 N–H and O–H groups in total. The lowest BCUT2D eigenvalue weighted by Gasteiger charge is -2.10. The molecule has 0 unspecified atom stereocenters. The van der Waals surface area contributed by atoms with E-state index >= 15 is 0 Å². The van der Waals surface area contributed by atoms with Crippen molar-refractivity contribution in [3.05, 3.63) is 97.5 Å². The van der Waals surface area contributed by atoms with Crippen LogP contribution in [0.1, 0.15) is 21.5 Å². The van der Waals surface area contributed by atoms with Crippen LogP contribution in [-0.2, 0) is 0 Å². The zero-order chi connectivity index (χ0) is 23.3. The number of esters is 1. The summed E-state index contributed by atoms with van der Waals surface area (Å²) in [6.07, 6.45) is 1.65. The first-order valence-electron chi connectivity index (χ1n) is 9.04. The van der Waals surface area contributed by atoms with Crippen molar-refractivity contribution in [3.63, 3.8) is 0 Å². The van der Waals surface area contributed by atoms with Gasteiger partial charge in [0.15, 0.2) is 11.5 Å². The molecule has 160 valence electrons. The third-order valence-electron chi connectivity index (χ3n) is 4.36. The first-order valence-corrected chi connectivity index (χ1v) is 9.80. The molecular formula is C23H14Cl2N2O5. The first-order chi connectivity index (χ1) is 15.3. The SMILES string of the molecule is COc1cc(C=C(C#N)c2ccc(Cl)cc2)ccc1OC(=O)c1ccc(Cl)c([N+](=O)[O-])c1. The summed E-state index contributed by atoms with van der Waals surface area (Å²) in [5.74, 6) is -0.466. The second kappa shape index (κ2) is 9.96. The molecular weight excluding hydrogens is 455 g/mol. The maximum absolute atomic E-state index is 12.5. The zero-order valence-electron chi connectivity index (χ0n) is 16.5. The van der Waals surface area contributed by atoms with Gasteiger partial charge in [-0.15, -0.1) is 0 Å². The van der Waals surface area contributed by atoms with E-state index in [1.54, 1.807) is 42.5 Å². The van der Waals surface area contributed by atoms with E-state index in [1.165, 1.54) is 25.3 Å². The van der Waals surface area contributed by atoms with Crippen molar-refractivity contribution in [3.8, 4) is 17.6 Å². The summed E-state index contributed by atoms with van der Waals surface area (Å²) >= 11 is 11.7.